The van der Waals surface area contributed by atoms with Crippen LogP contribution in [0.15, 0.2) is 0 Å². The predicted octanol–water partition coefficient (Wildman–Crippen LogP) is 4.77. The van der Waals surface area contributed by atoms with E-state index < -0.39 is 14.1 Å². The summed E-state index contributed by atoms with van der Waals surface area (Å²) in [5.41, 5.74) is 0. The first kappa shape index (κ1) is 21.1. The molecule has 0 aromatic heterocycles. The lowest BCUT2D eigenvalue weighted by Crippen LogP contribution is -2.15. The lowest BCUT2D eigenvalue weighted by atomic mass is 10.1. The molecular weight excluding hydrogens is 291 g/mol. The van der Waals surface area contributed by atoms with Gasteiger partial charge in [-0.25, -0.2) is 4.57 Å². The molecular formula is C15H33O5P. The summed E-state index contributed by atoms with van der Waals surface area (Å²) < 4.78 is 20.5. The molecule has 0 aromatic rings. The van der Waals surface area contributed by atoms with Crippen molar-refractivity contribution in [1.29, 1.82) is 0 Å². The Hall–Kier alpha value is 0.0700. The van der Waals surface area contributed by atoms with Crippen LogP contribution in [0.1, 0.15) is 84.5 Å². The van der Waals surface area contributed by atoms with Crippen molar-refractivity contribution in [2.75, 3.05) is 6.61 Å². The van der Waals surface area contributed by atoms with Crippen molar-refractivity contribution < 1.29 is 23.6 Å². The van der Waals surface area contributed by atoms with E-state index in [1.807, 2.05) is 0 Å². The molecule has 0 heterocycles. The van der Waals surface area contributed by atoms with Crippen molar-refractivity contribution in [1.82, 2.24) is 0 Å². The van der Waals surface area contributed by atoms with Gasteiger partial charge in [-0.15, -0.1) is 0 Å². The second-order valence-electron chi connectivity index (χ2n) is 5.49. The van der Waals surface area contributed by atoms with Crippen LogP contribution in [-0.4, -0.2) is 22.7 Å². The molecule has 0 rings (SSSR count). The molecule has 0 spiro atoms. The van der Waals surface area contributed by atoms with Crippen LogP contribution in [0, 0.1) is 0 Å². The molecule has 0 aliphatic rings. The van der Waals surface area contributed by atoms with Crippen LogP contribution in [0.4, 0.5) is 0 Å². The zero-order valence-electron chi connectivity index (χ0n) is 13.6. The van der Waals surface area contributed by atoms with Crippen LogP contribution < -0.4 is 0 Å². The average Bonchev–Trinajstić information content (AvgIpc) is 2.42. The van der Waals surface area contributed by atoms with Gasteiger partial charge in [-0.2, -0.15) is 0 Å². The van der Waals surface area contributed by atoms with E-state index in [-0.39, 0.29) is 0 Å². The van der Waals surface area contributed by atoms with E-state index in [4.69, 9.17) is 14.5 Å². The number of rotatable bonds is 15. The number of hydrogen-bond donors (Lipinski definition) is 2. The number of ether oxygens (including phenoxy) is 1. The van der Waals surface area contributed by atoms with Crippen LogP contribution in [-0.2, 0) is 13.8 Å². The highest BCUT2D eigenvalue weighted by atomic mass is 31.2. The van der Waals surface area contributed by atoms with Gasteiger partial charge >= 0.3 is 7.82 Å². The Morgan fingerprint density at radius 1 is 0.857 bits per heavy atom. The van der Waals surface area contributed by atoms with Crippen molar-refractivity contribution in [2.45, 2.75) is 90.8 Å². The Kier molecular flexibility index (Phi) is 13.8. The summed E-state index contributed by atoms with van der Waals surface area (Å²) in [7, 11) is -4.45. The van der Waals surface area contributed by atoms with E-state index >= 15 is 0 Å². The molecule has 0 radical (unpaired) electrons. The standard InChI is InChI=1S/C15H33O5P/c1-3-5-6-7-8-9-10-11-12-13-14-19-15(4-2)20-21(16,17)18/h15H,3-14H2,1-2H3,(H2,16,17,18). The number of hydrogen-bond acceptors (Lipinski definition) is 3. The Morgan fingerprint density at radius 3 is 1.76 bits per heavy atom. The topological polar surface area (TPSA) is 76.0 Å². The van der Waals surface area contributed by atoms with Gasteiger partial charge in [-0.3, -0.25) is 4.52 Å². The van der Waals surface area contributed by atoms with Crippen LogP contribution in [0.2, 0.25) is 0 Å². The van der Waals surface area contributed by atoms with Crippen LogP contribution in [0.3, 0.4) is 0 Å². The summed E-state index contributed by atoms with van der Waals surface area (Å²) in [6, 6.07) is 0. The zero-order valence-corrected chi connectivity index (χ0v) is 14.5. The molecule has 0 aliphatic heterocycles. The highest BCUT2D eigenvalue weighted by Crippen LogP contribution is 2.38. The molecule has 1 atom stereocenters. The zero-order chi connectivity index (χ0) is 16.0. The fourth-order valence-corrected chi connectivity index (χ4v) is 2.70. The summed E-state index contributed by atoms with van der Waals surface area (Å²) in [4.78, 5) is 17.4. The van der Waals surface area contributed by atoms with Gasteiger partial charge in [0.05, 0.1) is 0 Å². The second kappa shape index (κ2) is 13.7. The maximum Gasteiger partial charge on any atom is 0.471 e. The molecule has 0 saturated heterocycles. The number of unbranched alkanes of at least 4 members (excludes halogenated alkanes) is 9. The molecule has 1 unspecified atom stereocenters. The SMILES string of the molecule is CCCCCCCCCCCCOC(CC)OP(=O)(O)O. The first-order valence-corrected chi connectivity index (χ1v) is 9.88. The lowest BCUT2D eigenvalue weighted by Gasteiger charge is -2.16. The summed E-state index contributed by atoms with van der Waals surface area (Å²) in [6.45, 7) is 4.50. The molecule has 6 heteroatoms. The summed E-state index contributed by atoms with van der Waals surface area (Å²) in [5, 5.41) is 0. The largest absolute Gasteiger partial charge is 0.471 e. The van der Waals surface area contributed by atoms with Crippen LogP contribution in [0.5, 0.6) is 0 Å². The van der Waals surface area contributed by atoms with Gasteiger partial charge in [0, 0.05) is 6.61 Å². The van der Waals surface area contributed by atoms with Gasteiger partial charge in [0.25, 0.3) is 0 Å². The normalized spacial score (nSPS) is 13.5. The summed E-state index contributed by atoms with van der Waals surface area (Å²) in [5.74, 6) is 0. The minimum Gasteiger partial charge on any atom is -0.352 e. The van der Waals surface area contributed by atoms with Gasteiger partial charge in [0.15, 0.2) is 6.29 Å². The van der Waals surface area contributed by atoms with E-state index in [1.54, 1.807) is 6.92 Å². The Labute approximate surface area is 129 Å². The van der Waals surface area contributed by atoms with Crippen molar-refractivity contribution in [2.24, 2.45) is 0 Å². The highest BCUT2D eigenvalue weighted by molar-refractivity contribution is 7.46. The molecule has 0 aliphatic carbocycles. The third-order valence-electron chi connectivity index (χ3n) is 3.39. The van der Waals surface area contributed by atoms with E-state index in [9.17, 15) is 4.57 Å². The summed E-state index contributed by atoms with van der Waals surface area (Å²) in [6.07, 6.45) is 12.1. The number of phosphoric acid groups is 1. The molecule has 2 N–H and O–H groups in total. The maximum absolute atomic E-state index is 10.7. The predicted molar refractivity (Wildman–Crippen MR) is 85.0 cm³/mol. The average molecular weight is 324 g/mol. The molecule has 128 valence electrons. The van der Waals surface area contributed by atoms with Crippen molar-refractivity contribution in [3.63, 3.8) is 0 Å². The van der Waals surface area contributed by atoms with Gasteiger partial charge < -0.3 is 14.5 Å². The second-order valence-corrected chi connectivity index (χ2v) is 6.68. The van der Waals surface area contributed by atoms with E-state index in [2.05, 4.69) is 11.4 Å². The molecule has 0 fully saturated rings. The van der Waals surface area contributed by atoms with Crippen molar-refractivity contribution in [3.8, 4) is 0 Å². The van der Waals surface area contributed by atoms with E-state index in [0.29, 0.717) is 13.0 Å². The minimum atomic E-state index is -4.45. The maximum atomic E-state index is 10.7. The highest BCUT2D eigenvalue weighted by Gasteiger charge is 2.21. The van der Waals surface area contributed by atoms with Gasteiger partial charge in [0.2, 0.25) is 0 Å². The van der Waals surface area contributed by atoms with Crippen LogP contribution in [0.25, 0.3) is 0 Å². The molecule has 0 aromatic carbocycles. The third kappa shape index (κ3) is 16.3. The van der Waals surface area contributed by atoms with E-state index in [1.165, 1.54) is 51.4 Å². The van der Waals surface area contributed by atoms with Gasteiger partial charge in [-0.05, 0) is 12.8 Å². The quantitative estimate of drug-likeness (QED) is 0.258. The smallest absolute Gasteiger partial charge is 0.352 e. The van der Waals surface area contributed by atoms with Gasteiger partial charge in [0.1, 0.15) is 0 Å². The monoisotopic (exact) mass is 324 g/mol. The van der Waals surface area contributed by atoms with Crippen molar-refractivity contribution >= 4 is 7.82 Å². The fourth-order valence-electron chi connectivity index (χ4n) is 2.18. The van der Waals surface area contributed by atoms with Gasteiger partial charge in [-0.1, -0.05) is 71.6 Å². The Morgan fingerprint density at radius 2 is 1.33 bits per heavy atom. The number of phosphoric ester groups is 1. The molecule has 0 amide bonds. The first-order chi connectivity index (χ1) is 9.99. The Balaban J connectivity index is 3.33. The molecule has 5 nitrogen and oxygen atoms in total. The lowest BCUT2D eigenvalue weighted by molar-refractivity contribution is -0.0944. The van der Waals surface area contributed by atoms with E-state index in [0.717, 1.165) is 12.8 Å². The third-order valence-corrected chi connectivity index (χ3v) is 3.90. The Bertz CT molecular complexity index is 267. The van der Waals surface area contributed by atoms with Crippen LogP contribution >= 0.6 is 7.82 Å². The summed E-state index contributed by atoms with van der Waals surface area (Å²) >= 11 is 0. The molecule has 0 bridgehead atoms. The minimum absolute atomic E-state index is 0.433. The fraction of sp³-hybridized carbons (Fsp3) is 1.00. The molecule has 0 saturated carbocycles. The first-order valence-electron chi connectivity index (χ1n) is 8.35. The van der Waals surface area contributed by atoms with Crippen molar-refractivity contribution in [3.05, 3.63) is 0 Å². The molecule has 21 heavy (non-hydrogen) atoms.